The Morgan fingerprint density at radius 3 is 2.69 bits per heavy atom. The Kier molecular flexibility index (Phi) is 5.69. The van der Waals surface area contributed by atoms with Crippen molar-refractivity contribution < 1.29 is 9.53 Å². The van der Waals surface area contributed by atoms with E-state index in [0.29, 0.717) is 12.2 Å². The zero-order chi connectivity index (χ0) is 20.2. The van der Waals surface area contributed by atoms with Crippen LogP contribution in [-0.2, 0) is 17.8 Å². The smallest absolute Gasteiger partial charge is 0.270 e. The van der Waals surface area contributed by atoms with Crippen LogP contribution < -0.4 is 10.9 Å². The summed E-state index contributed by atoms with van der Waals surface area (Å²) >= 11 is 0. The maximum Gasteiger partial charge on any atom is 0.270 e. The third-order valence-corrected chi connectivity index (χ3v) is 5.15. The van der Waals surface area contributed by atoms with Crippen LogP contribution in [0.1, 0.15) is 27.0 Å². The Bertz CT molecular complexity index is 1090. The number of nitrogens with zero attached hydrogens (tertiary/aromatic N) is 3. The fourth-order valence-electron chi connectivity index (χ4n) is 3.49. The molecule has 1 aliphatic heterocycles. The van der Waals surface area contributed by atoms with Crippen LogP contribution in [0.3, 0.4) is 0 Å². The number of amides is 1. The number of hydrogen-bond acceptors (Lipinski definition) is 5. The van der Waals surface area contributed by atoms with Crippen LogP contribution in [0.2, 0.25) is 0 Å². The van der Waals surface area contributed by atoms with Crippen molar-refractivity contribution in [3.8, 4) is 0 Å². The molecule has 1 aliphatic rings. The van der Waals surface area contributed by atoms with Gasteiger partial charge in [0.15, 0.2) is 0 Å². The largest absolute Gasteiger partial charge is 0.379 e. The van der Waals surface area contributed by atoms with E-state index < -0.39 is 5.91 Å². The number of carbonyl (C=O) groups excluding carboxylic acids is 1. The Balaban J connectivity index is 1.49. The number of rotatable bonds is 5. The van der Waals surface area contributed by atoms with Crippen molar-refractivity contribution in [3.63, 3.8) is 0 Å². The second kappa shape index (κ2) is 8.55. The first-order valence-electron chi connectivity index (χ1n) is 9.75. The number of nitrogens with one attached hydrogen (secondary N) is 1. The van der Waals surface area contributed by atoms with Crippen molar-refractivity contribution >= 4 is 11.6 Å². The second-order valence-electron chi connectivity index (χ2n) is 7.25. The van der Waals surface area contributed by atoms with Gasteiger partial charge in [-0.15, -0.1) is 0 Å². The molecule has 7 heteroatoms. The van der Waals surface area contributed by atoms with Crippen LogP contribution in [0, 0.1) is 6.92 Å². The van der Waals surface area contributed by atoms with E-state index in [0.717, 1.165) is 44.0 Å². The molecule has 0 atom stereocenters. The molecule has 29 heavy (non-hydrogen) atoms. The molecular weight excluding hydrogens is 368 g/mol. The van der Waals surface area contributed by atoms with Gasteiger partial charge in [-0.2, -0.15) is 0 Å². The molecular formula is C22H24N4O3. The second-order valence-corrected chi connectivity index (χ2v) is 7.25. The molecule has 3 aromatic rings. The number of ether oxygens (including phenoxy) is 1. The number of aromatic nitrogens is 2. The summed E-state index contributed by atoms with van der Waals surface area (Å²) in [5.41, 5.74) is 3.33. The van der Waals surface area contributed by atoms with Crippen molar-refractivity contribution in [1.29, 1.82) is 0 Å². The molecule has 3 heterocycles. The summed E-state index contributed by atoms with van der Waals surface area (Å²) < 4.78 is 6.82. The fraction of sp³-hybridized carbons (Fsp3) is 0.318. The summed E-state index contributed by atoms with van der Waals surface area (Å²) in [5.74, 6) is -0.417. The molecule has 1 amide bonds. The fourth-order valence-corrected chi connectivity index (χ4v) is 3.49. The highest BCUT2D eigenvalue weighted by Crippen LogP contribution is 2.13. The molecule has 1 fully saturated rings. The third kappa shape index (κ3) is 4.36. The van der Waals surface area contributed by atoms with Gasteiger partial charge in [-0.25, -0.2) is 4.98 Å². The lowest BCUT2D eigenvalue weighted by Gasteiger charge is -2.27. The predicted octanol–water partition coefficient (Wildman–Crippen LogP) is 1.77. The summed E-state index contributed by atoms with van der Waals surface area (Å²) in [6.45, 7) is 6.36. The molecule has 0 spiro atoms. The highest BCUT2D eigenvalue weighted by Gasteiger charge is 2.15. The lowest BCUT2D eigenvalue weighted by molar-refractivity contribution is 0.0340. The van der Waals surface area contributed by atoms with Gasteiger partial charge in [0.1, 0.15) is 11.2 Å². The summed E-state index contributed by atoms with van der Waals surface area (Å²) in [4.78, 5) is 32.0. The monoisotopic (exact) mass is 392 g/mol. The van der Waals surface area contributed by atoms with Crippen molar-refractivity contribution in [2.24, 2.45) is 0 Å². The SMILES string of the molecule is Cc1ccc2ncc(C(=O)NCc3ccccc3CN3CCOCC3)c(=O)n2c1. The highest BCUT2D eigenvalue weighted by molar-refractivity contribution is 5.93. The minimum atomic E-state index is -0.417. The molecule has 150 valence electrons. The minimum Gasteiger partial charge on any atom is -0.379 e. The zero-order valence-corrected chi connectivity index (χ0v) is 16.4. The Hall–Kier alpha value is -3.03. The number of hydrogen-bond donors (Lipinski definition) is 1. The number of carbonyl (C=O) groups is 1. The molecule has 1 aromatic carbocycles. The number of aryl methyl sites for hydroxylation is 1. The summed E-state index contributed by atoms with van der Waals surface area (Å²) in [7, 11) is 0. The van der Waals surface area contributed by atoms with E-state index in [2.05, 4.69) is 21.3 Å². The first-order valence-corrected chi connectivity index (χ1v) is 9.75. The van der Waals surface area contributed by atoms with Crippen molar-refractivity contribution in [2.75, 3.05) is 26.3 Å². The summed E-state index contributed by atoms with van der Waals surface area (Å²) in [6, 6.07) is 11.7. The van der Waals surface area contributed by atoms with Crippen molar-refractivity contribution in [1.82, 2.24) is 19.6 Å². The van der Waals surface area contributed by atoms with Crippen molar-refractivity contribution in [3.05, 3.63) is 81.4 Å². The quantitative estimate of drug-likeness (QED) is 0.716. The van der Waals surface area contributed by atoms with E-state index in [1.165, 1.54) is 16.2 Å². The van der Waals surface area contributed by atoms with Crippen LogP contribution in [-0.4, -0.2) is 46.5 Å². The molecule has 4 rings (SSSR count). The number of benzene rings is 1. The predicted molar refractivity (Wildman–Crippen MR) is 110 cm³/mol. The number of fused-ring (bicyclic) bond motifs is 1. The molecule has 0 bridgehead atoms. The first-order chi connectivity index (χ1) is 14.1. The Morgan fingerprint density at radius 1 is 1.14 bits per heavy atom. The molecule has 1 N–H and O–H groups in total. The van der Waals surface area contributed by atoms with Crippen molar-refractivity contribution in [2.45, 2.75) is 20.0 Å². The van der Waals surface area contributed by atoms with Gasteiger partial charge in [0.05, 0.1) is 13.2 Å². The molecule has 0 radical (unpaired) electrons. The Morgan fingerprint density at radius 2 is 1.90 bits per heavy atom. The highest BCUT2D eigenvalue weighted by atomic mass is 16.5. The maximum absolute atomic E-state index is 12.7. The summed E-state index contributed by atoms with van der Waals surface area (Å²) in [5, 5.41) is 2.88. The first kappa shape index (κ1) is 19.3. The third-order valence-electron chi connectivity index (χ3n) is 5.15. The van der Waals surface area contributed by atoms with E-state index in [-0.39, 0.29) is 11.1 Å². The minimum absolute atomic E-state index is 0.0405. The number of pyridine rings is 1. The van der Waals surface area contributed by atoms with Crippen LogP contribution in [0.4, 0.5) is 0 Å². The van der Waals surface area contributed by atoms with Crippen LogP contribution >= 0.6 is 0 Å². The topological polar surface area (TPSA) is 75.9 Å². The van der Waals surface area contributed by atoms with E-state index in [9.17, 15) is 9.59 Å². The van der Waals surface area contributed by atoms with Gasteiger partial charge in [-0.3, -0.25) is 18.9 Å². The van der Waals surface area contributed by atoms with Gasteiger partial charge in [-0.1, -0.05) is 30.3 Å². The standard InChI is InChI=1S/C22H24N4O3/c1-16-6-7-20-23-13-19(22(28)26(20)14-16)21(27)24-12-17-4-2-3-5-18(17)15-25-8-10-29-11-9-25/h2-7,13-14H,8-12,15H2,1H3,(H,24,27). The molecule has 0 unspecified atom stereocenters. The van der Waals surface area contributed by atoms with E-state index in [4.69, 9.17) is 4.74 Å². The van der Waals surface area contributed by atoms with Crippen LogP contribution in [0.5, 0.6) is 0 Å². The van der Waals surface area contributed by atoms with Crippen LogP contribution in [0.25, 0.3) is 5.65 Å². The average Bonchev–Trinajstić information content (AvgIpc) is 2.74. The van der Waals surface area contributed by atoms with Gasteiger partial charge < -0.3 is 10.1 Å². The van der Waals surface area contributed by atoms with Gasteiger partial charge in [0.2, 0.25) is 0 Å². The molecule has 0 saturated carbocycles. The zero-order valence-electron chi connectivity index (χ0n) is 16.4. The van der Waals surface area contributed by atoms with Gasteiger partial charge in [-0.05, 0) is 29.7 Å². The molecule has 2 aromatic heterocycles. The van der Waals surface area contributed by atoms with E-state index in [1.54, 1.807) is 12.3 Å². The van der Waals surface area contributed by atoms with Gasteiger partial charge in [0.25, 0.3) is 11.5 Å². The Labute approximate surface area is 168 Å². The van der Waals surface area contributed by atoms with E-state index in [1.807, 2.05) is 31.2 Å². The lowest BCUT2D eigenvalue weighted by atomic mass is 10.1. The maximum atomic E-state index is 12.7. The van der Waals surface area contributed by atoms with Crippen LogP contribution in [0.15, 0.2) is 53.6 Å². The average molecular weight is 392 g/mol. The number of morpholine rings is 1. The summed E-state index contributed by atoms with van der Waals surface area (Å²) in [6.07, 6.45) is 3.04. The van der Waals surface area contributed by atoms with E-state index >= 15 is 0 Å². The molecule has 1 saturated heterocycles. The van der Waals surface area contributed by atoms with Gasteiger partial charge >= 0.3 is 0 Å². The van der Waals surface area contributed by atoms with Gasteiger partial charge in [0, 0.05) is 38.6 Å². The molecule has 7 nitrogen and oxygen atoms in total. The molecule has 0 aliphatic carbocycles. The lowest BCUT2D eigenvalue weighted by Crippen LogP contribution is -2.36. The normalized spacial score (nSPS) is 14.8.